The Bertz CT molecular complexity index is 718. The smallest absolute Gasteiger partial charge is 0.312 e. The van der Waals surface area contributed by atoms with Crippen LogP contribution in [0.3, 0.4) is 0 Å². The van der Waals surface area contributed by atoms with Crippen LogP contribution in [0.4, 0.5) is 11.4 Å². The van der Waals surface area contributed by atoms with Crippen LogP contribution in [-0.4, -0.2) is 17.4 Å². The summed E-state index contributed by atoms with van der Waals surface area (Å²) in [5.74, 6) is -0.409. The zero-order valence-electron chi connectivity index (χ0n) is 11.7. The van der Waals surface area contributed by atoms with Gasteiger partial charge in [-0.15, -0.1) is 0 Å². The molecule has 2 rings (SSSR count). The maximum Gasteiger partial charge on any atom is 0.312 e. The predicted octanol–water partition coefficient (Wildman–Crippen LogP) is 3.57. The van der Waals surface area contributed by atoms with E-state index in [2.05, 4.69) is 5.32 Å². The third-order valence-electron chi connectivity index (χ3n) is 2.90. The standard InChI is InChI=1S/C15H13ClN2O4/c1-10-4-2-3-5-12(10)17-15(19)9-22-14-7-6-11(16)8-13(14)18(20)21/h2-8H,9H2,1H3,(H,17,19). The largest absolute Gasteiger partial charge is 0.477 e. The normalized spacial score (nSPS) is 10.1. The lowest BCUT2D eigenvalue weighted by Crippen LogP contribution is -2.20. The Morgan fingerprint density at radius 2 is 2.05 bits per heavy atom. The first-order valence-electron chi connectivity index (χ1n) is 6.39. The minimum Gasteiger partial charge on any atom is -0.477 e. The first-order valence-corrected chi connectivity index (χ1v) is 6.77. The predicted molar refractivity (Wildman–Crippen MR) is 83.4 cm³/mol. The van der Waals surface area contributed by atoms with Gasteiger partial charge < -0.3 is 10.1 Å². The molecule has 0 fully saturated rings. The molecule has 0 aliphatic carbocycles. The molecule has 0 bridgehead atoms. The van der Waals surface area contributed by atoms with Gasteiger partial charge in [-0.2, -0.15) is 0 Å². The van der Waals surface area contributed by atoms with Crippen LogP contribution in [0.25, 0.3) is 0 Å². The van der Waals surface area contributed by atoms with E-state index in [-0.39, 0.29) is 23.1 Å². The fraction of sp³-hybridized carbons (Fsp3) is 0.133. The minimum atomic E-state index is -0.611. The van der Waals surface area contributed by atoms with Crippen molar-refractivity contribution < 1.29 is 14.5 Å². The quantitative estimate of drug-likeness (QED) is 0.674. The lowest BCUT2D eigenvalue weighted by molar-refractivity contribution is -0.385. The highest BCUT2D eigenvalue weighted by molar-refractivity contribution is 6.30. The summed E-state index contributed by atoms with van der Waals surface area (Å²) in [6.45, 7) is 1.53. The summed E-state index contributed by atoms with van der Waals surface area (Å²) < 4.78 is 5.21. The van der Waals surface area contributed by atoms with E-state index in [1.165, 1.54) is 18.2 Å². The van der Waals surface area contributed by atoms with Crippen molar-refractivity contribution in [3.8, 4) is 5.75 Å². The van der Waals surface area contributed by atoms with Gasteiger partial charge in [0.05, 0.1) is 4.92 Å². The number of benzene rings is 2. The Kier molecular flexibility index (Phi) is 4.95. The number of aryl methyl sites for hydroxylation is 1. The lowest BCUT2D eigenvalue weighted by atomic mass is 10.2. The summed E-state index contributed by atoms with van der Waals surface area (Å²) in [4.78, 5) is 22.2. The molecule has 1 N–H and O–H groups in total. The van der Waals surface area contributed by atoms with Crippen LogP contribution < -0.4 is 10.1 Å². The molecule has 0 unspecified atom stereocenters. The monoisotopic (exact) mass is 320 g/mol. The van der Waals surface area contributed by atoms with E-state index < -0.39 is 10.8 Å². The van der Waals surface area contributed by atoms with Crippen molar-refractivity contribution >= 4 is 28.9 Å². The number of carbonyl (C=O) groups excluding carboxylic acids is 1. The molecular formula is C15H13ClN2O4. The number of hydrogen-bond donors (Lipinski definition) is 1. The zero-order chi connectivity index (χ0) is 16.1. The number of ether oxygens (including phenoxy) is 1. The van der Waals surface area contributed by atoms with Gasteiger partial charge in [-0.3, -0.25) is 14.9 Å². The number of halogens is 1. The van der Waals surface area contributed by atoms with Gasteiger partial charge in [0.15, 0.2) is 12.4 Å². The summed E-state index contributed by atoms with van der Waals surface area (Å²) in [5, 5.41) is 13.8. The third-order valence-corrected chi connectivity index (χ3v) is 3.13. The van der Waals surface area contributed by atoms with E-state index in [4.69, 9.17) is 16.3 Å². The lowest BCUT2D eigenvalue weighted by Gasteiger charge is -2.09. The van der Waals surface area contributed by atoms with E-state index in [1.54, 1.807) is 12.1 Å². The Morgan fingerprint density at radius 3 is 2.73 bits per heavy atom. The summed E-state index contributed by atoms with van der Waals surface area (Å²) in [6, 6.07) is 11.3. The molecule has 6 nitrogen and oxygen atoms in total. The second-order valence-corrected chi connectivity index (χ2v) is 4.96. The van der Waals surface area contributed by atoms with Crippen LogP contribution in [0.2, 0.25) is 5.02 Å². The molecule has 0 aliphatic heterocycles. The van der Waals surface area contributed by atoms with Gasteiger partial charge >= 0.3 is 5.69 Å². The van der Waals surface area contributed by atoms with Crippen molar-refractivity contribution in [3.05, 3.63) is 63.2 Å². The molecule has 1 amide bonds. The molecule has 0 radical (unpaired) electrons. The topological polar surface area (TPSA) is 81.5 Å². The van der Waals surface area contributed by atoms with Crippen LogP contribution in [-0.2, 0) is 4.79 Å². The van der Waals surface area contributed by atoms with Crippen molar-refractivity contribution in [3.63, 3.8) is 0 Å². The Hall–Kier alpha value is -2.60. The second kappa shape index (κ2) is 6.91. The first-order chi connectivity index (χ1) is 10.5. The molecule has 0 saturated carbocycles. The van der Waals surface area contributed by atoms with Crippen LogP contribution in [0.5, 0.6) is 5.75 Å². The van der Waals surface area contributed by atoms with Crippen LogP contribution >= 0.6 is 11.6 Å². The van der Waals surface area contributed by atoms with Gasteiger partial charge in [0, 0.05) is 16.8 Å². The van der Waals surface area contributed by atoms with Crippen molar-refractivity contribution in [2.45, 2.75) is 6.92 Å². The van der Waals surface area contributed by atoms with Gasteiger partial charge in [0.25, 0.3) is 5.91 Å². The van der Waals surface area contributed by atoms with Crippen LogP contribution in [0.1, 0.15) is 5.56 Å². The van der Waals surface area contributed by atoms with Gasteiger partial charge in [-0.1, -0.05) is 29.8 Å². The van der Waals surface area contributed by atoms with Crippen molar-refractivity contribution in [2.24, 2.45) is 0 Å². The molecule has 2 aromatic rings. The Morgan fingerprint density at radius 1 is 1.32 bits per heavy atom. The molecule has 0 aromatic heterocycles. The molecule has 0 aliphatic rings. The Balaban J connectivity index is 2.03. The van der Waals surface area contributed by atoms with E-state index in [0.29, 0.717) is 5.69 Å². The highest BCUT2D eigenvalue weighted by Gasteiger charge is 2.17. The van der Waals surface area contributed by atoms with E-state index in [1.807, 2.05) is 19.1 Å². The number of nitro benzene ring substituents is 1. The third kappa shape index (κ3) is 3.95. The minimum absolute atomic E-state index is 0.00525. The molecule has 7 heteroatoms. The second-order valence-electron chi connectivity index (χ2n) is 4.52. The summed E-state index contributed by atoms with van der Waals surface area (Å²) in [7, 11) is 0. The summed E-state index contributed by atoms with van der Waals surface area (Å²) in [6.07, 6.45) is 0. The van der Waals surface area contributed by atoms with E-state index in [9.17, 15) is 14.9 Å². The number of nitrogens with one attached hydrogen (secondary N) is 1. The van der Waals surface area contributed by atoms with Crippen molar-refractivity contribution in [1.82, 2.24) is 0 Å². The number of rotatable bonds is 5. The fourth-order valence-electron chi connectivity index (χ4n) is 1.80. The maximum absolute atomic E-state index is 11.9. The molecule has 0 spiro atoms. The van der Waals surface area contributed by atoms with Crippen LogP contribution in [0.15, 0.2) is 42.5 Å². The number of amides is 1. The molecule has 114 valence electrons. The van der Waals surface area contributed by atoms with Gasteiger partial charge in [-0.25, -0.2) is 0 Å². The number of anilines is 1. The van der Waals surface area contributed by atoms with Crippen LogP contribution in [0, 0.1) is 17.0 Å². The van der Waals surface area contributed by atoms with Crippen molar-refractivity contribution in [2.75, 3.05) is 11.9 Å². The highest BCUT2D eigenvalue weighted by Crippen LogP contribution is 2.29. The number of nitrogens with zero attached hydrogens (tertiary/aromatic N) is 1. The van der Waals surface area contributed by atoms with Gasteiger partial charge in [-0.05, 0) is 30.7 Å². The average Bonchev–Trinajstić information content (AvgIpc) is 2.48. The van der Waals surface area contributed by atoms with Gasteiger partial charge in [0.1, 0.15) is 0 Å². The number of nitro groups is 1. The molecule has 0 saturated heterocycles. The van der Waals surface area contributed by atoms with E-state index in [0.717, 1.165) is 5.56 Å². The average molecular weight is 321 g/mol. The summed E-state index contributed by atoms with van der Waals surface area (Å²) in [5.41, 5.74) is 1.30. The number of para-hydroxylation sites is 1. The number of carbonyl (C=O) groups is 1. The molecular weight excluding hydrogens is 308 g/mol. The summed E-state index contributed by atoms with van der Waals surface area (Å²) >= 11 is 5.71. The maximum atomic E-state index is 11.9. The molecule has 0 heterocycles. The number of hydrogen-bond acceptors (Lipinski definition) is 4. The van der Waals surface area contributed by atoms with Gasteiger partial charge in [0.2, 0.25) is 0 Å². The first kappa shape index (κ1) is 15.8. The fourth-order valence-corrected chi connectivity index (χ4v) is 1.96. The molecule has 0 atom stereocenters. The van der Waals surface area contributed by atoms with E-state index >= 15 is 0 Å². The highest BCUT2D eigenvalue weighted by atomic mass is 35.5. The zero-order valence-corrected chi connectivity index (χ0v) is 12.5. The Labute approximate surface area is 131 Å². The SMILES string of the molecule is Cc1ccccc1NC(=O)COc1ccc(Cl)cc1[N+](=O)[O-]. The molecule has 2 aromatic carbocycles. The van der Waals surface area contributed by atoms with Crippen molar-refractivity contribution in [1.29, 1.82) is 0 Å². The molecule has 22 heavy (non-hydrogen) atoms.